The van der Waals surface area contributed by atoms with Crippen LogP contribution in [0.1, 0.15) is 11.1 Å². The topological polar surface area (TPSA) is 0 Å². The van der Waals surface area contributed by atoms with Crippen LogP contribution >= 0.6 is 38.9 Å². The summed E-state index contributed by atoms with van der Waals surface area (Å²) in [6.45, 7) is 4.21. The average Bonchev–Trinajstić information content (AvgIpc) is 2.63. The third kappa shape index (κ3) is 1.70. The summed E-state index contributed by atoms with van der Waals surface area (Å²) in [5.41, 5.74) is 2.45. The normalized spacial score (nSPS) is 11.5. The summed E-state index contributed by atoms with van der Waals surface area (Å²) in [6, 6.07) is 8.55. The summed E-state index contributed by atoms with van der Waals surface area (Å²) >= 11 is 11.6. The minimum Gasteiger partial charge on any atom is -0.135 e. The van der Waals surface area contributed by atoms with Crippen molar-refractivity contribution in [2.75, 3.05) is 0 Å². The van der Waals surface area contributed by atoms with Crippen molar-refractivity contribution in [2.45, 2.75) is 13.8 Å². The van der Waals surface area contributed by atoms with E-state index < -0.39 is 0 Å². The number of halogens is 2. The maximum atomic E-state index is 6.18. The van der Waals surface area contributed by atoms with E-state index in [-0.39, 0.29) is 0 Å². The molecule has 86 valence electrons. The van der Waals surface area contributed by atoms with Gasteiger partial charge in [-0.25, -0.2) is 0 Å². The Morgan fingerprint density at radius 2 is 1.88 bits per heavy atom. The molecule has 1 heterocycles. The molecule has 0 aliphatic carbocycles. The number of rotatable bonds is 0. The highest BCUT2D eigenvalue weighted by Gasteiger charge is 2.10. The molecule has 0 radical (unpaired) electrons. The minimum absolute atomic E-state index is 0.847. The van der Waals surface area contributed by atoms with Crippen molar-refractivity contribution in [3.63, 3.8) is 0 Å². The lowest BCUT2D eigenvalue weighted by molar-refractivity contribution is 1.47. The van der Waals surface area contributed by atoms with Crippen molar-refractivity contribution in [3.05, 3.63) is 44.9 Å². The molecular formula is C14H10BrClS. The highest BCUT2D eigenvalue weighted by atomic mass is 79.9. The maximum Gasteiger partial charge on any atom is 0.0449 e. The Morgan fingerprint density at radius 3 is 2.65 bits per heavy atom. The molecule has 0 unspecified atom stereocenters. The summed E-state index contributed by atoms with van der Waals surface area (Å²) in [4.78, 5) is 0. The molecule has 3 aromatic rings. The Balaban J connectivity index is 2.54. The van der Waals surface area contributed by atoms with E-state index in [0.717, 1.165) is 5.02 Å². The van der Waals surface area contributed by atoms with Crippen LogP contribution in [0.2, 0.25) is 5.02 Å². The van der Waals surface area contributed by atoms with Gasteiger partial charge in [-0.2, -0.15) is 0 Å². The second-order valence-electron chi connectivity index (χ2n) is 4.25. The summed E-state index contributed by atoms with van der Waals surface area (Å²) < 4.78 is 3.77. The lowest BCUT2D eigenvalue weighted by atomic mass is 10.1. The number of benzene rings is 2. The SMILES string of the molecule is Cc1cc2c(cc1Br)sc1c(C)c(Cl)ccc12. The predicted octanol–water partition coefficient (Wildman–Crippen LogP) is 6.09. The Bertz CT molecular complexity index is 743. The smallest absolute Gasteiger partial charge is 0.0449 e. The lowest BCUT2D eigenvalue weighted by Crippen LogP contribution is -1.76. The molecule has 0 spiro atoms. The average molecular weight is 326 g/mol. The molecule has 0 nitrogen and oxygen atoms in total. The molecule has 0 fully saturated rings. The van der Waals surface area contributed by atoms with Gasteiger partial charge in [-0.3, -0.25) is 0 Å². The van der Waals surface area contributed by atoms with E-state index in [1.165, 1.54) is 35.8 Å². The second-order valence-corrected chi connectivity index (χ2v) is 6.56. The van der Waals surface area contributed by atoms with E-state index in [4.69, 9.17) is 11.6 Å². The fourth-order valence-corrected chi connectivity index (χ4v) is 4.01. The lowest BCUT2D eigenvalue weighted by Gasteiger charge is -1.99. The quantitative estimate of drug-likeness (QED) is 0.469. The highest BCUT2D eigenvalue weighted by Crippen LogP contribution is 2.39. The van der Waals surface area contributed by atoms with Gasteiger partial charge in [-0.05, 0) is 43.2 Å². The van der Waals surface area contributed by atoms with Crippen molar-refractivity contribution < 1.29 is 0 Å². The van der Waals surface area contributed by atoms with Crippen LogP contribution < -0.4 is 0 Å². The predicted molar refractivity (Wildman–Crippen MR) is 81.5 cm³/mol. The molecule has 3 rings (SSSR count). The minimum atomic E-state index is 0.847. The van der Waals surface area contributed by atoms with Gasteiger partial charge in [-0.1, -0.05) is 33.6 Å². The second kappa shape index (κ2) is 3.98. The summed E-state index contributed by atoms with van der Waals surface area (Å²) in [7, 11) is 0. The van der Waals surface area contributed by atoms with Crippen molar-refractivity contribution >= 4 is 59.0 Å². The Kier molecular flexibility index (Phi) is 2.69. The molecule has 0 atom stereocenters. The van der Waals surface area contributed by atoms with Crippen LogP contribution in [0, 0.1) is 13.8 Å². The van der Waals surface area contributed by atoms with Crippen LogP contribution in [0.25, 0.3) is 20.2 Å². The first-order chi connectivity index (χ1) is 8.08. The van der Waals surface area contributed by atoms with Crippen LogP contribution in [-0.4, -0.2) is 0 Å². The summed E-state index contributed by atoms with van der Waals surface area (Å²) in [6.07, 6.45) is 0. The first-order valence-electron chi connectivity index (χ1n) is 5.35. The fourth-order valence-electron chi connectivity index (χ4n) is 2.08. The molecule has 0 N–H and O–H groups in total. The Hall–Kier alpha value is -0.570. The number of hydrogen-bond acceptors (Lipinski definition) is 1. The maximum absolute atomic E-state index is 6.18. The van der Waals surface area contributed by atoms with E-state index in [1.54, 1.807) is 0 Å². The summed E-state index contributed by atoms with van der Waals surface area (Å²) in [5.74, 6) is 0. The molecule has 0 saturated heterocycles. The zero-order valence-electron chi connectivity index (χ0n) is 9.47. The van der Waals surface area contributed by atoms with Crippen molar-refractivity contribution in [2.24, 2.45) is 0 Å². The van der Waals surface area contributed by atoms with Gasteiger partial charge in [0.05, 0.1) is 0 Å². The van der Waals surface area contributed by atoms with Crippen LogP contribution in [0.3, 0.4) is 0 Å². The number of thiophene rings is 1. The van der Waals surface area contributed by atoms with E-state index in [1.807, 2.05) is 17.4 Å². The number of aryl methyl sites for hydroxylation is 2. The van der Waals surface area contributed by atoms with Crippen molar-refractivity contribution in [1.29, 1.82) is 0 Å². The number of fused-ring (bicyclic) bond motifs is 3. The van der Waals surface area contributed by atoms with Crippen molar-refractivity contribution in [1.82, 2.24) is 0 Å². The number of hydrogen-bond donors (Lipinski definition) is 0. The van der Waals surface area contributed by atoms with Gasteiger partial charge in [-0.15, -0.1) is 11.3 Å². The van der Waals surface area contributed by atoms with E-state index in [2.05, 4.69) is 48.0 Å². The zero-order chi connectivity index (χ0) is 12.2. The van der Waals surface area contributed by atoms with Crippen LogP contribution in [0.4, 0.5) is 0 Å². The first-order valence-corrected chi connectivity index (χ1v) is 7.34. The van der Waals surface area contributed by atoms with Gasteiger partial charge in [0, 0.05) is 29.7 Å². The largest absolute Gasteiger partial charge is 0.135 e. The Morgan fingerprint density at radius 1 is 1.12 bits per heavy atom. The van der Waals surface area contributed by atoms with Crippen LogP contribution in [0.15, 0.2) is 28.7 Å². The highest BCUT2D eigenvalue weighted by molar-refractivity contribution is 9.10. The Labute approximate surface area is 117 Å². The first kappa shape index (κ1) is 11.5. The van der Waals surface area contributed by atoms with Gasteiger partial charge in [0.1, 0.15) is 0 Å². The monoisotopic (exact) mass is 324 g/mol. The molecule has 2 aromatic carbocycles. The van der Waals surface area contributed by atoms with E-state index in [9.17, 15) is 0 Å². The van der Waals surface area contributed by atoms with Gasteiger partial charge >= 0.3 is 0 Å². The molecule has 17 heavy (non-hydrogen) atoms. The standard InChI is InChI=1S/C14H10BrClS/c1-7-5-10-9-3-4-12(16)8(2)14(9)17-13(10)6-11(7)15/h3-6H,1-2H3. The molecular weight excluding hydrogens is 316 g/mol. The molecule has 1 aromatic heterocycles. The molecule has 0 aliphatic heterocycles. The molecule has 3 heteroatoms. The van der Waals surface area contributed by atoms with E-state index in [0.29, 0.717) is 0 Å². The van der Waals surface area contributed by atoms with Gasteiger partial charge < -0.3 is 0 Å². The molecule has 0 amide bonds. The van der Waals surface area contributed by atoms with E-state index >= 15 is 0 Å². The summed E-state index contributed by atoms with van der Waals surface area (Å²) in [5, 5.41) is 3.48. The van der Waals surface area contributed by atoms with Crippen LogP contribution in [-0.2, 0) is 0 Å². The van der Waals surface area contributed by atoms with Gasteiger partial charge in [0.25, 0.3) is 0 Å². The third-order valence-electron chi connectivity index (χ3n) is 3.10. The molecule has 0 aliphatic rings. The fraction of sp³-hybridized carbons (Fsp3) is 0.143. The molecule has 0 bridgehead atoms. The van der Waals surface area contributed by atoms with Gasteiger partial charge in [0.15, 0.2) is 0 Å². The molecule has 0 saturated carbocycles. The third-order valence-corrected chi connectivity index (χ3v) is 5.65. The zero-order valence-corrected chi connectivity index (χ0v) is 12.6. The van der Waals surface area contributed by atoms with Crippen molar-refractivity contribution in [3.8, 4) is 0 Å². The van der Waals surface area contributed by atoms with Gasteiger partial charge in [0.2, 0.25) is 0 Å². The van der Waals surface area contributed by atoms with Crippen LogP contribution in [0.5, 0.6) is 0 Å².